The Hall–Kier alpha value is -3.19. The number of alkyl carbamates (subject to hydrolysis) is 1. The van der Waals surface area contributed by atoms with Crippen molar-refractivity contribution in [2.45, 2.75) is 38.8 Å². The maximum Gasteiger partial charge on any atom is 0.408 e. The van der Waals surface area contributed by atoms with Crippen molar-refractivity contribution < 1.29 is 23.5 Å². The molecule has 7 heteroatoms. The Labute approximate surface area is 182 Å². The van der Waals surface area contributed by atoms with E-state index in [1.807, 2.05) is 20.8 Å². The van der Waals surface area contributed by atoms with E-state index in [0.717, 1.165) is 5.56 Å². The number of benzene rings is 2. The topological polar surface area (TPSA) is 76.7 Å². The Balaban J connectivity index is 2.25. The molecule has 0 saturated carbocycles. The molecule has 31 heavy (non-hydrogen) atoms. The van der Waals surface area contributed by atoms with Crippen LogP contribution in [0, 0.1) is 5.82 Å². The quantitative estimate of drug-likeness (QED) is 0.589. The number of halogens is 1. The van der Waals surface area contributed by atoms with Gasteiger partial charge in [0.25, 0.3) is 5.91 Å². The minimum absolute atomic E-state index is 0.00637. The van der Waals surface area contributed by atoms with Crippen LogP contribution in [0.3, 0.4) is 0 Å². The predicted molar refractivity (Wildman–Crippen MR) is 118 cm³/mol. The molecular weight excluding hydrogens is 399 g/mol. The maximum absolute atomic E-state index is 14.5. The summed E-state index contributed by atoms with van der Waals surface area (Å²) in [7, 11) is 1.59. The second-order valence-electron chi connectivity index (χ2n) is 8.07. The summed E-state index contributed by atoms with van der Waals surface area (Å²) in [4.78, 5) is 25.1. The molecule has 2 rings (SSSR count). The summed E-state index contributed by atoms with van der Waals surface area (Å²) < 4.78 is 24.6. The van der Waals surface area contributed by atoms with Gasteiger partial charge in [0, 0.05) is 12.8 Å². The molecule has 0 aliphatic carbocycles. The van der Waals surface area contributed by atoms with Crippen LogP contribution in [-0.2, 0) is 26.3 Å². The van der Waals surface area contributed by atoms with Gasteiger partial charge in [0.05, 0.1) is 6.61 Å². The van der Waals surface area contributed by atoms with Crippen LogP contribution in [0.1, 0.15) is 43.5 Å². The number of methoxy groups -OCH3 is 1. The Morgan fingerprint density at radius 3 is 2.39 bits per heavy atom. The summed E-state index contributed by atoms with van der Waals surface area (Å²) in [5.74, 6) is -0.943. The average molecular weight is 429 g/mol. The first kappa shape index (κ1) is 24.1. The lowest BCUT2D eigenvalue weighted by atomic mass is 9.86. The fourth-order valence-corrected chi connectivity index (χ4v) is 2.98. The Bertz CT molecular complexity index is 920. The van der Waals surface area contributed by atoms with Gasteiger partial charge in [-0.1, -0.05) is 63.8 Å². The Morgan fingerprint density at radius 2 is 1.84 bits per heavy atom. The van der Waals surface area contributed by atoms with Crippen LogP contribution in [0.25, 0.3) is 0 Å². The third-order valence-electron chi connectivity index (χ3n) is 4.53. The van der Waals surface area contributed by atoms with Crippen molar-refractivity contribution in [3.8, 4) is 0 Å². The summed E-state index contributed by atoms with van der Waals surface area (Å²) in [6, 6.07) is 10.5. The lowest BCUT2D eigenvalue weighted by molar-refractivity contribution is -0.118. The van der Waals surface area contributed by atoms with Crippen molar-refractivity contribution in [1.29, 1.82) is 0 Å². The van der Waals surface area contributed by atoms with E-state index in [0.29, 0.717) is 17.7 Å². The number of hydrogen-bond acceptors (Lipinski definition) is 4. The number of amides is 2. The van der Waals surface area contributed by atoms with Crippen LogP contribution < -0.4 is 10.6 Å². The molecule has 0 radical (unpaired) electrons. The first-order valence-electron chi connectivity index (χ1n) is 9.88. The third-order valence-corrected chi connectivity index (χ3v) is 4.53. The molecule has 0 fully saturated rings. The van der Waals surface area contributed by atoms with Crippen LogP contribution in [0.15, 0.2) is 55.1 Å². The zero-order valence-electron chi connectivity index (χ0n) is 18.3. The highest BCUT2D eigenvalue weighted by molar-refractivity contribution is 5.97. The van der Waals surface area contributed by atoms with Crippen LogP contribution in [-0.4, -0.2) is 25.7 Å². The van der Waals surface area contributed by atoms with Crippen molar-refractivity contribution >= 4 is 17.7 Å². The molecule has 0 saturated heterocycles. The van der Waals surface area contributed by atoms with Crippen LogP contribution in [0.5, 0.6) is 0 Å². The summed E-state index contributed by atoms with van der Waals surface area (Å²) in [6.07, 6.45) is 0.656. The van der Waals surface area contributed by atoms with E-state index in [1.54, 1.807) is 43.5 Å². The number of carbonyl (C=O) groups excluding carboxylic acids is 2. The standard InChI is InChI=1S/C24H29FN2O4/c1-6-13-31-23(29)27-21(17-9-7-16(8-10-17)15-30-5)22(28)26-18-11-12-19(20(25)14-18)24(2,3)4/h6-12,14,21H,1,13,15H2,2-5H3,(H,26,28)(H,27,29)/t21-/m1/s1. The largest absolute Gasteiger partial charge is 0.445 e. The van der Waals surface area contributed by atoms with Gasteiger partial charge in [-0.2, -0.15) is 0 Å². The molecule has 2 amide bonds. The van der Waals surface area contributed by atoms with Gasteiger partial charge in [-0.3, -0.25) is 4.79 Å². The number of anilines is 1. The first-order chi connectivity index (χ1) is 14.7. The lowest BCUT2D eigenvalue weighted by Crippen LogP contribution is -2.37. The zero-order valence-corrected chi connectivity index (χ0v) is 18.3. The van der Waals surface area contributed by atoms with E-state index in [2.05, 4.69) is 17.2 Å². The van der Waals surface area contributed by atoms with Gasteiger partial charge in [0.15, 0.2) is 0 Å². The normalized spacial score (nSPS) is 12.0. The predicted octanol–water partition coefficient (Wildman–Crippen LogP) is 4.86. The highest BCUT2D eigenvalue weighted by atomic mass is 19.1. The molecule has 2 aromatic carbocycles. The molecule has 0 unspecified atom stereocenters. The molecule has 166 valence electrons. The van der Waals surface area contributed by atoms with Gasteiger partial charge in [-0.05, 0) is 34.2 Å². The number of ether oxygens (including phenoxy) is 2. The van der Waals surface area contributed by atoms with Gasteiger partial charge in [-0.15, -0.1) is 0 Å². The van der Waals surface area contributed by atoms with Gasteiger partial charge in [-0.25, -0.2) is 9.18 Å². The molecule has 1 atom stereocenters. The lowest BCUT2D eigenvalue weighted by Gasteiger charge is -2.21. The first-order valence-corrected chi connectivity index (χ1v) is 9.88. The number of rotatable bonds is 8. The van der Waals surface area contributed by atoms with E-state index < -0.39 is 23.9 Å². The van der Waals surface area contributed by atoms with Gasteiger partial charge < -0.3 is 20.1 Å². The number of carbonyl (C=O) groups is 2. The average Bonchev–Trinajstić information content (AvgIpc) is 2.70. The van der Waals surface area contributed by atoms with Gasteiger partial charge in [0.1, 0.15) is 18.5 Å². The third kappa shape index (κ3) is 6.93. The van der Waals surface area contributed by atoms with E-state index >= 15 is 0 Å². The molecular formula is C24H29FN2O4. The van der Waals surface area contributed by atoms with E-state index in [1.165, 1.54) is 12.1 Å². The molecule has 2 N–H and O–H groups in total. The monoisotopic (exact) mass is 428 g/mol. The summed E-state index contributed by atoms with van der Waals surface area (Å²) in [5, 5.41) is 5.21. The molecule has 6 nitrogen and oxygen atoms in total. The SMILES string of the molecule is C=CCOC(=O)N[C@@H](C(=O)Nc1ccc(C(C)(C)C)c(F)c1)c1ccc(COC)cc1. The van der Waals surface area contributed by atoms with E-state index in [4.69, 9.17) is 9.47 Å². The van der Waals surface area contributed by atoms with Gasteiger partial charge >= 0.3 is 6.09 Å². The highest BCUT2D eigenvalue weighted by Crippen LogP contribution is 2.27. The second kappa shape index (κ2) is 10.7. The zero-order chi connectivity index (χ0) is 23.0. The molecule has 0 bridgehead atoms. The van der Waals surface area contributed by atoms with E-state index in [9.17, 15) is 14.0 Å². The van der Waals surface area contributed by atoms with Crippen LogP contribution in [0.4, 0.5) is 14.9 Å². The molecule has 0 aromatic heterocycles. The van der Waals surface area contributed by atoms with Crippen molar-refractivity contribution in [3.05, 3.63) is 77.6 Å². The Kier molecular flexibility index (Phi) is 8.33. The minimum atomic E-state index is -1.04. The number of nitrogens with one attached hydrogen (secondary N) is 2. The maximum atomic E-state index is 14.5. The molecule has 0 spiro atoms. The second-order valence-corrected chi connectivity index (χ2v) is 8.07. The van der Waals surface area contributed by atoms with Crippen molar-refractivity contribution in [1.82, 2.24) is 5.32 Å². The Morgan fingerprint density at radius 1 is 1.16 bits per heavy atom. The minimum Gasteiger partial charge on any atom is -0.445 e. The summed E-state index contributed by atoms with van der Waals surface area (Å²) in [5.41, 5.74) is 1.93. The van der Waals surface area contributed by atoms with Crippen molar-refractivity contribution in [2.24, 2.45) is 0 Å². The molecule has 0 aliphatic rings. The molecule has 0 heterocycles. The number of hydrogen-bond donors (Lipinski definition) is 2. The van der Waals surface area contributed by atoms with Crippen LogP contribution >= 0.6 is 0 Å². The smallest absolute Gasteiger partial charge is 0.408 e. The fourth-order valence-electron chi connectivity index (χ4n) is 2.98. The van der Waals surface area contributed by atoms with Gasteiger partial charge in [0.2, 0.25) is 0 Å². The summed E-state index contributed by atoms with van der Waals surface area (Å²) in [6.45, 7) is 9.64. The van der Waals surface area contributed by atoms with Crippen molar-refractivity contribution in [2.75, 3.05) is 19.0 Å². The molecule has 0 aliphatic heterocycles. The fraction of sp³-hybridized carbons (Fsp3) is 0.333. The summed E-state index contributed by atoms with van der Waals surface area (Å²) >= 11 is 0. The molecule has 2 aromatic rings. The van der Waals surface area contributed by atoms with Crippen LogP contribution in [0.2, 0.25) is 0 Å². The van der Waals surface area contributed by atoms with Crippen molar-refractivity contribution in [3.63, 3.8) is 0 Å². The highest BCUT2D eigenvalue weighted by Gasteiger charge is 2.25. The van der Waals surface area contributed by atoms with E-state index in [-0.39, 0.29) is 17.7 Å².